The van der Waals surface area contributed by atoms with E-state index in [1.165, 1.54) is 0 Å². The SMILES string of the molecule is CCc1cccc(C)c1NC(=O)C1(C(=O)NCCN2CCOCC2)CC1. The smallest absolute Gasteiger partial charge is 0.240 e. The average molecular weight is 359 g/mol. The standard InChI is InChI=1S/C20H29N3O3/c1-3-16-6-4-5-15(2)17(16)22-19(25)20(7-8-20)18(24)21-9-10-23-11-13-26-14-12-23/h4-6H,3,7-14H2,1-2H3,(H,21,24)(H,22,25). The Hall–Kier alpha value is -1.92. The van der Waals surface area contributed by atoms with Gasteiger partial charge in [-0.25, -0.2) is 0 Å². The molecule has 6 heteroatoms. The van der Waals surface area contributed by atoms with Gasteiger partial charge in [-0.3, -0.25) is 14.5 Å². The molecule has 1 aromatic carbocycles. The molecular formula is C20H29N3O3. The number of nitrogens with zero attached hydrogens (tertiary/aromatic N) is 1. The molecule has 2 aliphatic rings. The Bertz CT molecular complexity index is 664. The first-order valence-corrected chi connectivity index (χ1v) is 9.55. The van der Waals surface area contributed by atoms with Crippen molar-refractivity contribution >= 4 is 17.5 Å². The minimum absolute atomic E-state index is 0.144. The van der Waals surface area contributed by atoms with Crippen molar-refractivity contribution in [2.45, 2.75) is 33.1 Å². The van der Waals surface area contributed by atoms with Gasteiger partial charge in [0.25, 0.3) is 0 Å². The van der Waals surface area contributed by atoms with Crippen LogP contribution in [0.15, 0.2) is 18.2 Å². The number of ether oxygens (including phenoxy) is 1. The highest BCUT2D eigenvalue weighted by atomic mass is 16.5. The number of rotatable bonds is 7. The van der Waals surface area contributed by atoms with Crippen LogP contribution in [0.1, 0.15) is 30.9 Å². The number of para-hydroxylation sites is 1. The molecule has 0 atom stereocenters. The van der Waals surface area contributed by atoms with E-state index in [9.17, 15) is 9.59 Å². The molecule has 1 heterocycles. The van der Waals surface area contributed by atoms with Gasteiger partial charge in [-0.1, -0.05) is 25.1 Å². The number of hydrogen-bond acceptors (Lipinski definition) is 4. The van der Waals surface area contributed by atoms with Gasteiger partial charge in [-0.15, -0.1) is 0 Å². The van der Waals surface area contributed by atoms with Gasteiger partial charge in [0, 0.05) is 31.9 Å². The fourth-order valence-corrected chi connectivity index (χ4v) is 3.44. The lowest BCUT2D eigenvalue weighted by Crippen LogP contribution is -2.45. The van der Waals surface area contributed by atoms with E-state index in [2.05, 4.69) is 22.5 Å². The van der Waals surface area contributed by atoms with Gasteiger partial charge < -0.3 is 15.4 Å². The van der Waals surface area contributed by atoms with Crippen molar-refractivity contribution in [3.8, 4) is 0 Å². The molecule has 2 N–H and O–H groups in total. The molecule has 0 bridgehead atoms. The minimum atomic E-state index is -0.891. The first-order valence-electron chi connectivity index (χ1n) is 9.55. The van der Waals surface area contributed by atoms with E-state index in [1.54, 1.807) is 0 Å². The molecule has 0 aromatic heterocycles. The molecule has 0 radical (unpaired) electrons. The summed E-state index contributed by atoms with van der Waals surface area (Å²) >= 11 is 0. The van der Waals surface area contributed by atoms with Gasteiger partial charge in [0.2, 0.25) is 11.8 Å². The zero-order valence-corrected chi connectivity index (χ0v) is 15.8. The summed E-state index contributed by atoms with van der Waals surface area (Å²) in [5.41, 5.74) is 2.09. The lowest BCUT2D eigenvalue weighted by atomic mass is 10.0. The number of aryl methyl sites for hydroxylation is 2. The minimum Gasteiger partial charge on any atom is -0.379 e. The van der Waals surface area contributed by atoms with Crippen molar-refractivity contribution in [3.63, 3.8) is 0 Å². The second-order valence-corrected chi connectivity index (χ2v) is 7.21. The molecule has 0 spiro atoms. The molecule has 2 amide bonds. The first-order chi connectivity index (χ1) is 12.6. The van der Waals surface area contributed by atoms with Gasteiger partial charge in [-0.05, 0) is 37.3 Å². The van der Waals surface area contributed by atoms with E-state index in [-0.39, 0.29) is 11.8 Å². The maximum atomic E-state index is 12.8. The third-order valence-corrected chi connectivity index (χ3v) is 5.42. The zero-order chi connectivity index (χ0) is 18.6. The third kappa shape index (κ3) is 4.07. The Morgan fingerprint density at radius 2 is 1.92 bits per heavy atom. The van der Waals surface area contributed by atoms with Crippen LogP contribution in [0.5, 0.6) is 0 Å². The zero-order valence-electron chi connectivity index (χ0n) is 15.8. The Kier molecular flexibility index (Phi) is 5.94. The largest absolute Gasteiger partial charge is 0.379 e. The van der Waals surface area contributed by atoms with Crippen LogP contribution >= 0.6 is 0 Å². The molecule has 1 aliphatic carbocycles. The molecule has 142 valence electrons. The van der Waals surface area contributed by atoms with Crippen LogP contribution in [0, 0.1) is 12.3 Å². The van der Waals surface area contributed by atoms with E-state index in [1.807, 2.05) is 25.1 Å². The number of amides is 2. The van der Waals surface area contributed by atoms with Crippen LogP contribution in [0.25, 0.3) is 0 Å². The number of carbonyl (C=O) groups is 2. The summed E-state index contributed by atoms with van der Waals surface area (Å²) in [6, 6.07) is 6.00. The van der Waals surface area contributed by atoms with Gasteiger partial charge in [-0.2, -0.15) is 0 Å². The molecule has 26 heavy (non-hydrogen) atoms. The number of morpholine rings is 1. The topological polar surface area (TPSA) is 70.7 Å². The fourth-order valence-electron chi connectivity index (χ4n) is 3.44. The van der Waals surface area contributed by atoms with Gasteiger partial charge in [0.1, 0.15) is 5.41 Å². The van der Waals surface area contributed by atoms with Crippen molar-refractivity contribution in [1.29, 1.82) is 0 Å². The highest BCUT2D eigenvalue weighted by molar-refractivity contribution is 6.13. The number of anilines is 1. The van der Waals surface area contributed by atoms with Crippen LogP contribution in [-0.2, 0) is 20.7 Å². The monoisotopic (exact) mass is 359 g/mol. The number of hydrogen-bond donors (Lipinski definition) is 2. The van der Waals surface area contributed by atoms with E-state index in [0.717, 1.165) is 56.1 Å². The molecule has 6 nitrogen and oxygen atoms in total. The number of nitrogens with one attached hydrogen (secondary N) is 2. The molecular weight excluding hydrogens is 330 g/mol. The van der Waals surface area contributed by atoms with Crippen molar-refractivity contribution in [1.82, 2.24) is 10.2 Å². The summed E-state index contributed by atoms with van der Waals surface area (Å²) < 4.78 is 5.33. The van der Waals surface area contributed by atoms with E-state index in [0.29, 0.717) is 19.4 Å². The van der Waals surface area contributed by atoms with E-state index >= 15 is 0 Å². The Morgan fingerprint density at radius 3 is 2.58 bits per heavy atom. The Morgan fingerprint density at radius 1 is 1.19 bits per heavy atom. The maximum absolute atomic E-state index is 12.8. The molecule has 1 aliphatic heterocycles. The van der Waals surface area contributed by atoms with Crippen molar-refractivity contribution in [2.24, 2.45) is 5.41 Å². The summed E-state index contributed by atoms with van der Waals surface area (Å²) in [6.07, 6.45) is 2.08. The highest BCUT2D eigenvalue weighted by Gasteiger charge is 2.56. The lowest BCUT2D eigenvalue weighted by Gasteiger charge is -2.26. The lowest BCUT2D eigenvalue weighted by molar-refractivity contribution is -0.134. The third-order valence-electron chi connectivity index (χ3n) is 5.42. The molecule has 1 saturated heterocycles. The summed E-state index contributed by atoms with van der Waals surface area (Å²) in [4.78, 5) is 27.7. The predicted molar refractivity (Wildman–Crippen MR) is 101 cm³/mol. The second-order valence-electron chi connectivity index (χ2n) is 7.21. The molecule has 0 unspecified atom stereocenters. The number of benzene rings is 1. The molecule has 1 aromatic rings. The summed E-state index contributed by atoms with van der Waals surface area (Å²) in [6.45, 7) is 8.70. The molecule has 2 fully saturated rings. The van der Waals surface area contributed by atoms with Crippen LogP contribution in [0.4, 0.5) is 5.69 Å². The van der Waals surface area contributed by atoms with Crippen LogP contribution in [-0.4, -0.2) is 56.1 Å². The van der Waals surface area contributed by atoms with E-state index < -0.39 is 5.41 Å². The van der Waals surface area contributed by atoms with Gasteiger partial charge in [0.15, 0.2) is 0 Å². The van der Waals surface area contributed by atoms with Crippen molar-refractivity contribution < 1.29 is 14.3 Å². The maximum Gasteiger partial charge on any atom is 0.240 e. The summed E-state index contributed by atoms with van der Waals surface area (Å²) in [5.74, 6) is -0.319. The fraction of sp³-hybridized carbons (Fsp3) is 0.600. The molecule has 1 saturated carbocycles. The van der Waals surface area contributed by atoms with Crippen LogP contribution < -0.4 is 10.6 Å². The van der Waals surface area contributed by atoms with E-state index in [4.69, 9.17) is 4.74 Å². The summed E-state index contributed by atoms with van der Waals surface area (Å²) in [7, 11) is 0. The number of carbonyl (C=O) groups excluding carboxylic acids is 2. The average Bonchev–Trinajstić information content (AvgIpc) is 3.46. The quantitative estimate of drug-likeness (QED) is 0.728. The Labute approximate surface area is 155 Å². The summed E-state index contributed by atoms with van der Waals surface area (Å²) in [5, 5.41) is 5.99. The van der Waals surface area contributed by atoms with Crippen molar-refractivity contribution in [2.75, 3.05) is 44.7 Å². The Balaban J connectivity index is 1.56. The van der Waals surface area contributed by atoms with Crippen molar-refractivity contribution in [3.05, 3.63) is 29.3 Å². The first kappa shape index (κ1) is 18.9. The molecule has 3 rings (SSSR count). The highest BCUT2D eigenvalue weighted by Crippen LogP contribution is 2.47. The second kappa shape index (κ2) is 8.18. The predicted octanol–water partition coefficient (Wildman–Crippen LogP) is 1.72. The van der Waals surface area contributed by atoms with Crippen LogP contribution in [0.2, 0.25) is 0 Å². The van der Waals surface area contributed by atoms with Gasteiger partial charge >= 0.3 is 0 Å². The van der Waals surface area contributed by atoms with Gasteiger partial charge in [0.05, 0.1) is 13.2 Å². The van der Waals surface area contributed by atoms with Crippen LogP contribution in [0.3, 0.4) is 0 Å². The normalized spacial score (nSPS) is 19.0.